The summed E-state index contributed by atoms with van der Waals surface area (Å²) in [6, 6.07) is 7.84. The number of benzene rings is 3. The van der Waals surface area contributed by atoms with Crippen molar-refractivity contribution in [2.45, 2.75) is 46.0 Å². The summed E-state index contributed by atoms with van der Waals surface area (Å²) >= 11 is 0. The standard InChI is InChI=1S/C32H30F6O2/c1-3-5-6-7-21-12-16-26(31(37)27(21)33)40-18-19-8-10-20(11-9-19)22-13-14-23(29(35)28(22)34)24-15-17-25(39-4-2)32(38)30(24)36/h3,5,10,12-17,19H,4,6-9,11,18H2,1-2H3/b5-3+. The first kappa shape index (κ1) is 29.3. The van der Waals surface area contributed by atoms with E-state index in [1.807, 2.05) is 19.1 Å². The highest BCUT2D eigenvalue weighted by Crippen LogP contribution is 2.37. The van der Waals surface area contributed by atoms with Crippen LogP contribution in [-0.4, -0.2) is 13.2 Å². The molecule has 1 aliphatic carbocycles. The maximum atomic E-state index is 15.1. The van der Waals surface area contributed by atoms with Crippen LogP contribution in [0.3, 0.4) is 0 Å². The van der Waals surface area contributed by atoms with Gasteiger partial charge in [0, 0.05) is 16.7 Å². The summed E-state index contributed by atoms with van der Waals surface area (Å²) in [4.78, 5) is 0. The van der Waals surface area contributed by atoms with Crippen molar-refractivity contribution in [2.24, 2.45) is 5.92 Å². The van der Waals surface area contributed by atoms with Gasteiger partial charge in [0.25, 0.3) is 0 Å². The van der Waals surface area contributed by atoms with Gasteiger partial charge in [-0.1, -0.05) is 36.4 Å². The molecule has 0 aliphatic heterocycles. The van der Waals surface area contributed by atoms with Crippen molar-refractivity contribution < 1.29 is 35.8 Å². The molecule has 0 saturated carbocycles. The van der Waals surface area contributed by atoms with E-state index >= 15 is 8.78 Å². The maximum Gasteiger partial charge on any atom is 0.201 e. The fourth-order valence-electron chi connectivity index (χ4n) is 4.79. The number of hydrogen-bond donors (Lipinski definition) is 0. The molecule has 3 aromatic rings. The molecule has 8 heteroatoms. The number of hydrogen-bond acceptors (Lipinski definition) is 2. The van der Waals surface area contributed by atoms with Crippen LogP contribution in [0.4, 0.5) is 26.3 Å². The second-order valence-electron chi connectivity index (χ2n) is 9.60. The van der Waals surface area contributed by atoms with E-state index in [2.05, 4.69) is 0 Å². The lowest BCUT2D eigenvalue weighted by atomic mass is 9.86. The van der Waals surface area contributed by atoms with E-state index in [4.69, 9.17) is 9.47 Å². The molecule has 3 aromatic carbocycles. The zero-order chi connectivity index (χ0) is 28.8. The van der Waals surface area contributed by atoms with Gasteiger partial charge in [-0.25, -0.2) is 17.6 Å². The molecule has 1 atom stereocenters. The Morgan fingerprint density at radius 3 is 2.02 bits per heavy atom. The third-order valence-corrected chi connectivity index (χ3v) is 7.00. The zero-order valence-electron chi connectivity index (χ0n) is 22.3. The third-order valence-electron chi connectivity index (χ3n) is 7.00. The average molecular weight is 561 g/mol. The summed E-state index contributed by atoms with van der Waals surface area (Å²) in [7, 11) is 0. The number of halogens is 6. The van der Waals surface area contributed by atoms with Gasteiger partial charge < -0.3 is 9.47 Å². The summed E-state index contributed by atoms with van der Waals surface area (Å²) in [5, 5.41) is 0. The summed E-state index contributed by atoms with van der Waals surface area (Å²) in [5.41, 5.74) is 0.0805. The van der Waals surface area contributed by atoms with Gasteiger partial charge >= 0.3 is 0 Å². The molecule has 0 amide bonds. The van der Waals surface area contributed by atoms with Crippen LogP contribution in [0, 0.1) is 40.8 Å². The smallest absolute Gasteiger partial charge is 0.201 e. The molecule has 0 aromatic heterocycles. The summed E-state index contributed by atoms with van der Waals surface area (Å²) in [5.74, 6) is -7.47. The van der Waals surface area contributed by atoms with Crippen molar-refractivity contribution in [1.82, 2.24) is 0 Å². The minimum absolute atomic E-state index is 0.0336. The minimum atomic E-state index is -1.32. The van der Waals surface area contributed by atoms with Crippen LogP contribution in [0.15, 0.2) is 54.6 Å². The minimum Gasteiger partial charge on any atom is -0.491 e. The van der Waals surface area contributed by atoms with Crippen LogP contribution < -0.4 is 9.47 Å². The number of rotatable bonds is 10. The fourth-order valence-corrected chi connectivity index (χ4v) is 4.79. The molecular weight excluding hydrogens is 530 g/mol. The summed E-state index contributed by atoms with van der Waals surface area (Å²) in [6.07, 6.45) is 7.89. The molecule has 1 unspecified atom stereocenters. The van der Waals surface area contributed by atoms with Crippen molar-refractivity contribution in [3.63, 3.8) is 0 Å². The van der Waals surface area contributed by atoms with Crippen LogP contribution in [0.5, 0.6) is 11.5 Å². The molecular formula is C32H30F6O2. The van der Waals surface area contributed by atoms with Crippen LogP contribution in [-0.2, 0) is 6.42 Å². The number of ether oxygens (including phenoxy) is 2. The fraction of sp³-hybridized carbons (Fsp3) is 0.312. The summed E-state index contributed by atoms with van der Waals surface area (Å²) < 4.78 is 98.4. The Morgan fingerprint density at radius 1 is 0.750 bits per heavy atom. The average Bonchev–Trinajstić information content (AvgIpc) is 2.96. The first-order valence-electron chi connectivity index (χ1n) is 13.3. The molecule has 212 valence electrons. The van der Waals surface area contributed by atoms with Crippen LogP contribution in [0.1, 0.15) is 50.7 Å². The van der Waals surface area contributed by atoms with E-state index in [0.29, 0.717) is 37.7 Å². The van der Waals surface area contributed by atoms with Crippen molar-refractivity contribution in [1.29, 1.82) is 0 Å². The van der Waals surface area contributed by atoms with Gasteiger partial charge in [0.2, 0.25) is 11.6 Å². The van der Waals surface area contributed by atoms with Crippen LogP contribution >= 0.6 is 0 Å². The molecule has 0 radical (unpaired) electrons. The molecule has 0 heterocycles. The highest BCUT2D eigenvalue weighted by atomic mass is 19.2. The first-order chi connectivity index (χ1) is 19.3. The largest absolute Gasteiger partial charge is 0.491 e. The molecule has 0 spiro atoms. The second kappa shape index (κ2) is 13.1. The second-order valence-corrected chi connectivity index (χ2v) is 9.60. The summed E-state index contributed by atoms with van der Waals surface area (Å²) in [6.45, 7) is 3.73. The van der Waals surface area contributed by atoms with Crippen molar-refractivity contribution in [3.8, 4) is 22.6 Å². The molecule has 0 N–H and O–H groups in total. The number of allylic oxidation sites excluding steroid dienone is 4. The number of aryl methyl sites for hydroxylation is 1. The molecule has 0 fully saturated rings. The Bertz CT molecular complexity index is 1430. The molecule has 4 rings (SSSR count). The van der Waals surface area contributed by atoms with E-state index < -0.39 is 46.0 Å². The predicted octanol–water partition coefficient (Wildman–Crippen LogP) is 9.36. The van der Waals surface area contributed by atoms with Gasteiger partial charge in [-0.15, -0.1) is 0 Å². The molecule has 0 bridgehead atoms. The lowest BCUT2D eigenvalue weighted by Gasteiger charge is -2.23. The van der Waals surface area contributed by atoms with E-state index in [1.54, 1.807) is 13.0 Å². The van der Waals surface area contributed by atoms with Crippen molar-refractivity contribution in [3.05, 3.63) is 101 Å². The molecule has 40 heavy (non-hydrogen) atoms. The first-order valence-corrected chi connectivity index (χ1v) is 13.3. The van der Waals surface area contributed by atoms with Gasteiger partial charge in [-0.2, -0.15) is 8.78 Å². The predicted molar refractivity (Wildman–Crippen MR) is 143 cm³/mol. The molecule has 2 nitrogen and oxygen atoms in total. The van der Waals surface area contributed by atoms with Crippen LogP contribution in [0.25, 0.3) is 16.7 Å². The van der Waals surface area contributed by atoms with E-state index in [1.165, 1.54) is 30.3 Å². The van der Waals surface area contributed by atoms with Gasteiger partial charge in [0.05, 0.1) is 13.2 Å². The van der Waals surface area contributed by atoms with Crippen molar-refractivity contribution in [2.75, 3.05) is 13.2 Å². The van der Waals surface area contributed by atoms with Gasteiger partial charge in [-0.3, -0.25) is 0 Å². The highest BCUT2D eigenvalue weighted by molar-refractivity contribution is 5.72. The van der Waals surface area contributed by atoms with Gasteiger partial charge in [0.15, 0.2) is 34.8 Å². The van der Waals surface area contributed by atoms with Gasteiger partial charge in [0.1, 0.15) is 0 Å². The molecule has 0 saturated heterocycles. The van der Waals surface area contributed by atoms with E-state index in [0.717, 1.165) is 6.07 Å². The Balaban J connectivity index is 1.43. The maximum absolute atomic E-state index is 15.1. The lowest BCUT2D eigenvalue weighted by molar-refractivity contribution is 0.228. The Morgan fingerprint density at radius 2 is 1.35 bits per heavy atom. The van der Waals surface area contributed by atoms with Crippen LogP contribution in [0.2, 0.25) is 0 Å². The van der Waals surface area contributed by atoms with E-state index in [-0.39, 0.29) is 41.8 Å². The Hall–Kier alpha value is -3.68. The van der Waals surface area contributed by atoms with Gasteiger partial charge in [-0.05, 0) is 81.2 Å². The van der Waals surface area contributed by atoms with E-state index in [9.17, 15) is 17.6 Å². The zero-order valence-corrected chi connectivity index (χ0v) is 22.3. The SMILES string of the molecule is C/C=C/CCc1ccc(OCC2CC=C(c3ccc(-c4ccc(OCC)c(F)c4F)c(F)c3F)CC2)c(F)c1F. The Kier molecular flexibility index (Phi) is 9.61. The molecule has 1 aliphatic rings. The van der Waals surface area contributed by atoms with Crippen molar-refractivity contribution >= 4 is 5.57 Å². The highest BCUT2D eigenvalue weighted by Gasteiger charge is 2.24. The normalized spacial score (nSPS) is 15.4. The lowest BCUT2D eigenvalue weighted by Crippen LogP contribution is -2.16. The monoisotopic (exact) mass is 560 g/mol. The topological polar surface area (TPSA) is 18.5 Å². The quantitative estimate of drug-likeness (QED) is 0.182. The Labute approximate surface area is 229 Å². The third kappa shape index (κ3) is 6.21.